The lowest BCUT2D eigenvalue weighted by Gasteiger charge is -2.22. The number of alkyl carbamates (subject to hydrolysis) is 1. The molecule has 29 heavy (non-hydrogen) atoms. The molecule has 0 saturated carbocycles. The molecule has 3 N–H and O–H groups in total. The number of carbonyl (C=O) groups is 3. The van der Waals surface area contributed by atoms with E-state index in [0.29, 0.717) is 10.2 Å². The van der Waals surface area contributed by atoms with Crippen LogP contribution < -0.4 is 16.1 Å². The molecule has 0 unspecified atom stereocenters. The first-order valence-corrected chi connectivity index (χ1v) is 9.71. The lowest BCUT2D eigenvalue weighted by molar-refractivity contribution is -0.118. The molecule has 1 atom stereocenters. The highest BCUT2D eigenvalue weighted by atomic mass is 79.9. The van der Waals surface area contributed by atoms with Crippen molar-refractivity contribution >= 4 is 33.8 Å². The van der Waals surface area contributed by atoms with E-state index >= 15 is 0 Å². The van der Waals surface area contributed by atoms with Crippen molar-refractivity contribution in [3.63, 3.8) is 0 Å². The van der Waals surface area contributed by atoms with E-state index in [9.17, 15) is 14.4 Å². The minimum absolute atomic E-state index is 0.207. The molecule has 2 aromatic rings. The first-order chi connectivity index (χ1) is 13.6. The quantitative estimate of drug-likeness (QED) is 0.606. The van der Waals surface area contributed by atoms with Crippen molar-refractivity contribution in [3.8, 4) is 0 Å². The van der Waals surface area contributed by atoms with Gasteiger partial charge >= 0.3 is 6.09 Å². The lowest BCUT2D eigenvalue weighted by atomic mass is 10.2. The molecule has 0 bridgehead atoms. The van der Waals surface area contributed by atoms with Crippen LogP contribution in [0.2, 0.25) is 0 Å². The standard InChI is InChI=1S/C19H24BrN5O4/c1-12(23-18(28)29-19(2,3)4)16(26)24-25-10-8-14(20)15(25)17(27)22-11-13-7-5-6-9-21-13/h5-10,12H,11H2,1-4H3,(H,22,27)(H,23,28)(H,24,26)/t12-/m0/s1. The molecule has 0 fully saturated rings. The molecule has 156 valence electrons. The van der Waals surface area contributed by atoms with Gasteiger partial charge in [-0.15, -0.1) is 0 Å². The summed E-state index contributed by atoms with van der Waals surface area (Å²) in [6.07, 6.45) is 2.46. The van der Waals surface area contributed by atoms with E-state index in [4.69, 9.17) is 4.74 Å². The zero-order valence-electron chi connectivity index (χ0n) is 16.7. The monoisotopic (exact) mass is 465 g/mol. The molecule has 0 aromatic carbocycles. The van der Waals surface area contributed by atoms with Crippen molar-refractivity contribution in [2.75, 3.05) is 5.43 Å². The summed E-state index contributed by atoms with van der Waals surface area (Å²) < 4.78 is 6.92. The van der Waals surface area contributed by atoms with Gasteiger partial charge in [-0.1, -0.05) is 6.07 Å². The fraction of sp³-hybridized carbons (Fsp3) is 0.368. The van der Waals surface area contributed by atoms with Crippen molar-refractivity contribution < 1.29 is 19.1 Å². The van der Waals surface area contributed by atoms with E-state index in [-0.39, 0.29) is 12.2 Å². The first kappa shape index (κ1) is 22.4. The molecule has 2 rings (SSSR count). The normalized spacial score (nSPS) is 12.0. The third-order valence-corrected chi connectivity index (χ3v) is 4.21. The number of ether oxygens (including phenoxy) is 1. The fourth-order valence-electron chi connectivity index (χ4n) is 2.24. The van der Waals surface area contributed by atoms with Gasteiger partial charge in [0.15, 0.2) is 0 Å². The minimum atomic E-state index is -0.879. The summed E-state index contributed by atoms with van der Waals surface area (Å²) in [6, 6.07) is 6.15. The molecule has 0 spiro atoms. The average molecular weight is 466 g/mol. The number of hydrogen-bond acceptors (Lipinski definition) is 5. The average Bonchev–Trinajstić information content (AvgIpc) is 2.99. The van der Waals surface area contributed by atoms with Crippen molar-refractivity contribution in [1.29, 1.82) is 0 Å². The molecule has 0 radical (unpaired) electrons. The van der Waals surface area contributed by atoms with Gasteiger partial charge < -0.3 is 15.4 Å². The van der Waals surface area contributed by atoms with E-state index in [1.807, 2.05) is 6.07 Å². The summed E-state index contributed by atoms with van der Waals surface area (Å²) in [7, 11) is 0. The van der Waals surface area contributed by atoms with Gasteiger partial charge in [-0.05, 0) is 61.8 Å². The summed E-state index contributed by atoms with van der Waals surface area (Å²) >= 11 is 3.31. The highest BCUT2D eigenvalue weighted by Crippen LogP contribution is 2.17. The molecule has 0 saturated heterocycles. The van der Waals surface area contributed by atoms with Crippen LogP contribution in [0.3, 0.4) is 0 Å². The molecule has 0 aliphatic carbocycles. The maximum absolute atomic E-state index is 12.6. The number of nitrogens with one attached hydrogen (secondary N) is 3. The molecule has 9 nitrogen and oxygen atoms in total. The van der Waals surface area contributed by atoms with Gasteiger partial charge in [0.2, 0.25) is 0 Å². The summed E-state index contributed by atoms with van der Waals surface area (Å²) in [5.41, 5.74) is 2.81. The largest absolute Gasteiger partial charge is 0.444 e. The Hall–Kier alpha value is -2.88. The maximum atomic E-state index is 12.6. The zero-order valence-corrected chi connectivity index (χ0v) is 18.2. The Morgan fingerprint density at radius 2 is 1.97 bits per heavy atom. The molecule has 2 aromatic heterocycles. The molecular formula is C19H24BrN5O4. The van der Waals surface area contributed by atoms with Gasteiger partial charge in [-0.25, -0.2) is 4.79 Å². The third kappa shape index (κ3) is 6.90. The van der Waals surface area contributed by atoms with Crippen LogP contribution in [0.5, 0.6) is 0 Å². The highest BCUT2D eigenvalue weighted by Gasteiger charge is 2.23. The van der Waals surface area contributed by atoms with Crippen LogP contribution in [0.4, 0.5) is 4.79 Å². The smallest absolute Gasteiger partial charge is 0.408 e. The molecule has 3 amide bonds. The van der Waals surface area contributed by atoms with Gasteiger partial charge in [-0.2, -0.15) is 0 Å². The van der Waals surface area contributed by atoms with Crippen molar-refractivity contribution in [2.45, 2.75) is 45.9 Å². The van der Waals surface area contributed by atoms with Crippen LogP contribution in [-0.2, 0) is 16.1 Å². The zero-order chi connectivity index (χ0) is 21.6. The minimum Gasteiger partial charge on any atom is -0.444 e. The van der Waals surface area contributed by atoms with Gasteiger partial charge in [0.1, 0.15) is 17.3 Å². The number of rotatable bonds is 6. The Kier molecular flexibility index (Phi) is 7.38. The summed E-state index contributed by atoms with van der Waals surface area (Å²) in [5, 5.41) is 5.20. The van der Waals surface area contributed by atoms with E-state index in [1.165, 1.54) is 17.8 Å². The predicted octanol–water partition coefficient (Wildman–Crippen LogP) is 2.56. The first-order valence-electron chi connectivity index (χ1n) is 8.92. The SMILES string of the molecule is C[C@H](NC(=O)OC(C)(C)C)C(=O)Nn1ccc(Br)c1C(=O)NCc1ccccn1. The Labute approximate surface area is 177 Å². The number of pyridine rings is 1. The second-order valence-corrected chi connectivity index (χ2v) is 8.08. The van der Waals surface area contributed by atoms with E-state index in [0.717, 1.165) is 0 Å². The number of hydrogen-bond donors (Lipinski definition) is 3. The van der Waals surface area contributed by atoms with Gasteiger partial charge in [0.05, 0.1) is 16.7 Å². The molecule has 2 heterocycles. The molecule has 0 aliphatic rings. The number of amides is 3. The molecule has 10 heteroatoms. The fourth-order valence-corrected chi connectivity index (χ4v) is 2.73. The Morgan fingerprint density at radius 1 is 1.24 bits per heavy atom. The molecule has 0 aliphatic heterocycles. The lowest BCUT2D eigenvalue weighted by Crippen LogP contribution is -2.46. The number of aromatic nitrogens is 2. The van der Waals surface area contributed by atoms with Crippen LogP contribution in [0.25, 0.3) is 0 Å². The summed E-state index contributed by atoms with van der Waals surface area (Å²) in [5.74, 6) is -0.918. The number of carbonyl (C=O) groups excluding carboxylic acids is 3. The Bertz CT molecular complexity index is 876. The predicted molar refractivity (Wildman–Crippen MR) is 111 cm³/mol. The Balaban J connectivity index is 2.00. The van der Waals surface area contributed by atoms with Crippen molar-refractivity contribution in [2.24, 2.45) is 0 Å². The topological polar surface area (TPSA) is 114 Å². The van der Waals surface area contributed by atoms with Crippen LogP contribution in [0, 0.1) is 0 Å². The van der Waals surface area contributed by atoms with E-state index < -0.39 is 29.6 Å². The van der Waals surface area contributed by atoms with Crippen molar-refractivity contribution in [1.82, 2.24) is 20.3 Å². The summed E-state index contributed by atoms with van der Waals surface area (Å²) in [6.45, 7) is 6.93. The van der Waals surface area contributed by atoms with Crippen LogP contribution in [0.1, 0.15) is 43.9 Å². The van der Waals surface area contributed by atoms with E-state index in [2.05, 4.69) is 37.0 Å². The maximum Gasteiger partial charge on any atom is 0.408 e. The van der Waals surface area contributed by atoms with Crippen LogP contribution in [-0.4, -0.2) is 39.2 Å². The van der Waals surface area contributed by atoms with E-state index in [1.54, 1.807) is 45.2 Å². The Morgan fingerprint density at radius 3 is 2.59 bits per heavy atom. The van der Waals surface area contributed by atoms with Gasteiger partial charge in [-0.3, -0.25) is 24.7 Å². The van der Waals surface area contributed by atoms with Gasteiger partial charge in [0, 0.05) is 12.4 Å². The second-order valence-electron chi connectivity index (χ2n) is 7.23. The highest BCUT2D eigenvalue weighted by molar-refractivity contribution is 9.10. The summed E-state index contributed by atoms with van der Waals surface area (Å²) in [4.78, 5) is 41.0. The van der Waals surface area contributed by atoms with Gasteiger partial charge in [0.25, 0.3) is 11.8 Å². The number of halogens is 1. The van der Waals surface area contributed by atoms with Crippen LogP contribution in [0.15, 0.2) is 41.1 Å². The van der Waals surface area contributed by atoms with Crippen LogP contribution >= 0.6 is 15.9 Å². The van der Waals surface area contributed by atoms with Crippen molar-refractivity contribution in [3.05, 3.63) is 52.5 Å². The second kappa shape index (κ2) is 9.55. The third-order valence-electron chi connectivity index (χ3n) is 3.57. The number of nitrogens with zero attached hydrogens (tertiary/aromatic N) is 2. The molecular weight excluding hydrogens is 442 g/mol.